The highest BCUT2D eigenvalue weighted by molar-refractivity contribution is 5.78. The summed E-state index contributed by atoms with van der Waals surface area (Å²) in [5.41, 5.74) is 0. The van der Waals surface area contributed by atoms with Crippen molar-refractivity contribution in [2.24, 2.45) is 17.8 Å². The van der Waals surface area contributed by atoms with Crippen LogP contribution >= 0.6 is 0 Å². The van der Waals surface area contributed by atoms with Gasteiger partial charge in [-0.3, -0.25) is 4.79 Å². The Morgan fingerprint density at radius 3 is 2.08 bits per heavy atom. The van der Waals surface area contributed by atoms with E-state index >= 15 is 0 Å². The standard InChI is InChI=1S/C10H17NO/c1-7(2)10(12)11-5-8-3-4-9(8)6-11/h7-9H,3-6H2,1-2H3. The van der Waals surface area contributed by atoms with Crippen LogP contribution in [-0.4, -0.2) is 23.9 Å². The van der Waals surface area contributed by atoms with Crippen molar-refractivity contribution in [1.29, 1.82) is 0 Å². The maximum Gasteiger partial charge on any atom is 0.225 e. The molecule has 1 aliphatic carbocycles. The van der Waals surface area contributed by atoms with Crippen LogP contribution in [-0.2, 0) is 4.79 Å². The maximum absolute atomic E-state index is 11.6. The van der Waals surface area contributed by atoms with Gasteiger partial charge in [0.1, 0.15) is 0 Å². The largest absolute Gasteiger partial charge is 0.342 e. The van der Waals surface area contributed by atoms with Gasteiger partial charge in [-0.15, -0.1) is 0 Å². The highest BCUT2D eigenvalue weighted by atomic mass is 16.2. The van der Waals surface area contributed by atoms with E-state index in [1.165, 1.54) is 12.8 Å². The third kappa shape index (κ3) is 1.13. The Morgan fingerprint density at radius 1 is 1.25 bits per heavy atom. The number of fused-ring (bicyclic) bond motifs is 1. The fourth-order valence-corrected chi connectivity index (χ4v) is 2.30. The number of carbonyl (C=O) groups is 1. The van der Waals surface area contributed by atoms with Crippen LogP contribution in [0.4, 0.5) is 0 Å². The highest BCUT2D eigenvalue weighted by Gasteiger charge is 2.41. The van der Waals surface area contributed by atoms with Gasteiger partial charge in [-0.2, -0.15) is 0 Å². The molecule has 2 nitrogen and oxygen atoms in total. The summed E-state index contributed by atoms with van der Waals surface area (Å²) in [6.07, 6.45) is 2.71. The van der Waals surface area contributed by atoms with Crippen LogP contribution in [0.1, 0.15) is 26.7 Å². The molecular weight excluding hydrogens is 150 g/mol. The Hall–Kier alpha value is -0.530. The zero-order chi connectivity index (χ0) is 8.72. The van der Waals surface area contributed by atoms with Gasteiger partial charge in [0.15, 0.2) is 0 Å². The van der Waals surface area contributed by atoms with Gasteiger partial charge < -0.3 is 4.90 Å². The van der Waals surface area contributed by atoms with Crippen LogP contribution in [0.3, 0.4) is 0 Å². The molecule has 0 spiro atoms. The van der Waals surface area contributed by atoms with Crippen molar-refractivity contribution < 1.29 is 4.79 Å². The zero-order valence-corrected chi connectivity index (χ0v) is 7.92. The predicted molar refractivity (Wildman–Crippen MR) is 47.6 cm³/mol. The van der Waals surface area contributed by atoms with Crippen molar-refractivity contribution >= 4 is 5.91 Å². The second kappa shape index (κ2) is 2.75. The Labute approximate surface area is 73.9 Å². The van der Waals surface area contributed by atoms with Crippen LogP contribution in [0, 0.1) is 17.8 Å². The van der Waals surface area contributed by atoms with E-state index in [4.69, 9.17) is 0 Å². The summed E-state index contributed by atoms with van der Waals surface area (Å²) in [4.78, 5) is 13.7. The van der Waals surface area contributed by atoms with Crippen molar-refractivity contribution in [2.75, 3.05) is 13.1 Å². The minimum absolute atomic E-state index is 0.183. The van der Waals surface area contributed by atoms with Crippen molar-refractivity contribution in [1.82, 2.24) is 4.90 Å². The van der Waals surface area contributed by atoms with E-state index < -0.39 is 0 Å². The van der Waals surface area contributed by atoms with E-state index in [9.17, 15) is 4.79 Å². The zero-order valence-electron chi connectivity index (χ0n) is 7.92. The van der Waals surface area contributed by atoms with Gasteiger partial charge in [-0.05, 0) is 24.7 Å². The van der Waals surface area contributed by atoms with E-state index in [0.717, 1.165) is 24.9 Å². The molecule has 0 bridgehead atoms. The van der Waals surface area contributed by atoms with E-state index in [1.54, 1.807) is 0 Å². The lowest BCUT2D eigenvalue weighted by Gasteiger charge is -2.27. The van der Waals surface area contributed by atoms with E-state index in [2.05, 4.69) is 4.90 Å². The normalized spacial score (nSPS) is 33.4. The SMILES string of the molecule is CC(C)C(=O)N1CC2CCC2C1. The molecule has 0 aromatic rings. The molecule has 12 heavy (non-hydrogen) atoms. The molecule has 2 heteroatoms. The number of rotatable bonds is 1. The molecule has 2 aliphatic rings. The summed E-state index contributed by atoms with van der Waals surface area (Å²) in [6.45, 7) is 6.06. The first kappa shape index (κ1) is 8.09. The van der Waals surface area contributed by atoms with Crippen LogP contribution in [0.25, 0.3) is 0 Å². The van der Waals surface area contributed by atoms with Crippen LogP contribution in [0.2, 0.25) is 0 Å². The van der Waals surface area contributed by atoms with E-state index in [-0.39, 0.29) is 5.92 Å². The van der Waals surface area contributed by atoms with E-state index in [0.29, 0.717) is 5.91 Å². The first-order chi connectivity index (χ1) is 5.68. The summed E-state index contributed by atoms with van der Waals surface area (Å²) in [5.74, 6) is 2.24. The first-order valence-corrected chi connectivity index (χ1v) is 4.97. The second-order valence-electron chi connectivity index (χ2n) is 4.50. The summed E-state index contributed by atoms with van der Waals surface area (Å²) >= 11 is 0. The number of nitrogens with zero attached hydrogens (tertiary/aromatic N) is 1. The third-order valence-corrected chi connectivity index (χ3v) is 3.29. The fourth-order valence-electron chi connectivity index (χ4n) is 2.30. The Bertz CT molecular complexity index is 188. The predicted octanol–water partition coefficient (Wildman–Crippen LogP) is 1.51. The molecule has 1 heterocycles. The first-order valence-electron chi connectivity index (χ1n) is 4.97. The minimum Gasteiger partial charge on any atom is -0.342 e. The Kier molecular flexibility index (Phi) is 1.85. The molecule has 1 saturated carbocycles. The monoisotopic (exact) mass is 167 g/mol. The number of likely N-dealkylation sites (tertiary alicyclic amines) is 1. The molecule has 2 atom stereocenters. The van der Waals surface area contributed by atoms with Crippen molar-refractivity contribution in [3.63, 3.8) is 0 Å². The van der Waals surface area contributed by atoms with Crippen LogP contribution < -0.4 is 0 Å². The second-order valence-corrected chi connectivity index (χ2v) is 4.50. The van der Waals surface area contributed by atoms with Gasteiger partial charge in [0.25, 0.3) is 0 Å². The maximum atomic E-state index is 11.6. The Morgan fingerprint density at radius 2 is 1.75 bits per heavy atom. The number of carbonyl (C=O) groups excluding carboxylic acids is 1. The summed E-state index contributed by atoms with van der Waals surface area (Å²) in [7, 11) is 0. The molecular formula is C10H17NO. The molecule has 0 radical (unpaired) electrons. The lowest BCUT2D eigenvalue weighted by atomic mass is 9.77. The summed E-state index contributed by atoms with van der Waals surface area (Å²) < 4.78 is 0. The number of hydrogen-bond donors (Lipinski definition) is 0. The van der Waals surface area contributed by atoms with Gasteiger partial charge in [0.2, 0.25) is 5.91 Å². The quantitative estimate of drug-likeness (QED) is 0.579. The molecule has 1 saturated heterocycles. The lowest BCUT2D eigenvalue weighted by molar-refractivity contribution is -0.133. The topological polar surface area (TPSA) is 20.3 Å². The average molecular weight is 167 g/mol. The fraction of sp³-hybridized carbons (Fsp3) is 0.900. The van der Waals surface area contributed by atoms with Gasteiger partial charge >= 0.3 is 0 Å². The molecule has 1 aliphatic heterocycles. The molecule has 2 fully saturated rings. The van der Waals surface area contributed by atoms with Gasteiger partial charge in [-0.1, -0.05) is 13.8 Å². The van der Waals surface area contributed by atoms with Crippen molar-refractivity contribution in [2.45, 2.75) is 26.7 Å². The smallest absolute Gasteiger partial charge is 0.225 e. The number of amides is 1. The minimum atomic E-state index is 0.183. The number of hydrogen-bond acceptors (Lipinski definition) is 1. The van der Waals surface area contributed by atoms with Crippen LogP contribution in [0.5, 0.6) is 0 Å². The van der Waals surface area contributed by atoms with Gasteiger partial charge in [0.05, 0.1) is 0 Å². The average Bonchev–Trinajstić information content (AvgIpc) is 2.27. The molecule has 0 aromatic carbocycles. The molecule has 2 rings (SSSR count). The van der Waals surface area contributed by atoms with E-state index in [1.807, 2.05) is 13.8 Å². The molecule has 0 N–H and O–H groups in total. The molecule has 0 aromatic heterocycles. The van der Waals surface area contributed by atoms with Crippen LogP contribution in [0.15, 0.2) is 0 Å². The molecule has 1 amide bonds. The van der Waals surface area contributed by atoms with Crippen molar-refractivity contribution in [3.8, 4) is 0 Å². The van der Waals surface area contributed by atoms with Crippen molar-refractivity contribution in [3.05, 3.63) is 0 Å². The van der Waals surface area contributed by atoms with Gasteiger partial charge in [0, 0.05) is 19.0 Å². The highest BCUT2D eigenvalue weighted by Crippen LogP contribution is 2.40. The molecule has 2 unspecified atom stereocenters. The summed E-state index contributed by atoms with van der Waals surface area (Å²) in [6, 6.07) is 0. The Balaban J connectivity index is 1.94. The summed E-state index contributed by atoms with van der Waals surface area (Å²) in [5, 5.41) is 0. The molecule has 68 valence electrons. The lowest BCUT2D eigenvalue weighted by Crippen LogP contribution is -2.32. The van der Waals surface area contributed by atoms with Gasteiger partial charge in [-0.25, -0.2) is 0 Å². The third-order valence-electron chi connectivity index (χ3n) is 3.29.